The molecule has 0 unspecified atom stereocenters. The Bertz CT molecular complexity index is 353. The fourth-order valence-corrected chi connectivity index (χ4v) is 1.89. The van der Waals surface area contributed by atoms with Gasteiger partial charge in [0.15, 0.2) is 0 Å². The van der Waals surface area contributed by atoms with Gasteiger partial charge in [-0.1, -0.05) is 24.3 Å². The number of benzene rings is 1. The van der Waals surface area contributed by atoms with Gasteiger partial charge in [0, 0.05) is 15.7 Å². The van der Waals surface area contributed by atoms with Gasteiger partial charge in [0.05, 0.1) is 5.71 Å². The highest BCUT2D eigenvalue weighted by Crippen LogP contribution is 2.13. The summed E-state index contributed by atoms with van der Waals surface area (Å²) in [5.74, 6) is 0. The predicted octanol–water partition coefficient (Wildman–Crippen LogP) is 3.68. The van der Waals surface area contributed by atoms with Gasteiger partial charge in [-0.25, -0.2) is 0 Å². The third kappa shape index (κ3) is 2.94. The lowest BCUT2D eigenvalue weighted by molar-refractivity contribution is 1.13. The van der Waals surface area contributed by atoms with Gasteiger partial charge in [0.25, 0.3) is 0 Å². The van der Waals surface area contributed by atoms with E-state index in [0.29, 0.717) is 0 Å². The molecular formula is C12H14IN. The predicted molar refractivity (Wildman–Crippen MR) is 71.1 cm³/mol. The van der Waals surface area contributed by atoms with Crippen LogP contribution in [-0.2, 0) is 0 Å². The van der Waals surface area contributed by atoms with E-state index >= 15 is 0 Å². The summed E-state index contributed by atoms with van der Waals surface area (Å²) in [6.45, 7) is 4.89. The maximum Gasteiger partial charge on any atom is 0.0653 e. The third-order valence-corrected chi connectivity index (χ3v) is 2.74. The topological polar surface area (TPSA) is 12.4 Å². The maximum absolute atomic E-state index is 4.47. The number of aliphatic imine (C=N–C) groups is 1. The van der Waals surface area contributed by atoms with Crippen LogP contribution in [0, 0.1) is 3.57 Å². The Morgan fingerprint density at radius 3 is 2.71 bits per heavy atom. The molecule has 0 N–H and O–H groups in total. The molecule has 1 aromatic rings. The molecular weight excluding hydrogens is 285 g/mol. The monoisotopic (exact) mass is 299 g/mol. The number of halogens is 1. The van der Waals surface area contributed by atoms with Crippen molar-refractivity contribution in [2.45, 2.75) is 13.8 Å². The Balaban J connectivity index is 3.12. The quantitative estimate of drug-likeness (QED) is 0.596. The van der Waals surface area contributed by atoms with E-state index < -0.39 is 0 Å². The smallest absolute Gasteiger partial charge is 0.0653 e. The fraction of sp³-hybridized carbons (Fsp3) is 0.250. The minimum atomic E-state index is 0.824. The van der Waals surface area contributed by atoms with Crippen molar-refractivity contribution in [2.75, 3.05) is 6.54 Å². The molecule has 0 bridgehead atoms. The molecule has 2 heteroatoms. The summed E-state index contributed by atoms with van der Waals surface area (Å²) in [5, 5.41) is 0. The second-order valence-electron chi connectivity index (χ2n) is 2.84. The van der Waals surface area contributed by atoms with Crippen LogP contribution in [-0.4, -0.2) is 12.3 Å². The summed E-state index contributed by atoms with van der Waals surface area (Å²) in [6, 6.07) is 8.30. The largest absolute Gasteiger partial charge is 0.285 e. The first-order chi connectivity index (χ1) is 6.79. The molecule has 1 nitrogen and oxygen atoms in total. The van der Waals surface area contributed by atoms with Gasteiger partial charge in [-0.3, -0.25) is 4.99 Å². The van der Waals surface area contributed by atoms with Crippen molar-refractivity contribution in [1.29, 1.82) is 0 Å². The summed E-state index contributed by atoms with van der Waals surface area (Å²) in [6.07, 6.45) is 4.08. The number of hydrogen-bond acceptors (Lipinski definition) is 1. The van der Waals surface area contributed by atoms with Crippen LogP contribution in [0.2, 0.25) is 0 Å². The van der Waals surface area contributed by atoms with Gasteiger partial charge in [-0.05, 0) is 48.6 Å². The summed E-state index contributed by atoms with van der Waals surface area (Å²) < 4.78 is 1.25. The Morgan fingerprint density at radius 2 is 2.14 bits per heavy atom. The molecule has 0 amide bonds. The molecule has 0 aromatic heterocycles. The standard InChI is InChI=1S/C12H14IN/c1-3-7-12(14-4-2)10-8-5-6-9-11(10)13/h3,5-9H,4H2,1-2H3/b7-3-,14-12?. The third-order valence-electron chi connectivity index (χ3n) is 1.80. The molecule has 14 heavy (non-hydrogen) atoms. The second kappa shape index (κ2) is 5.96. The van der Waals surface area contributed by atoms with E-state index in [1.54, 1.807) is 0 Å². The highest BCUT2D eigenvalue weighted by atomic mass is 127. The zero-order valence-electron chi connectivity index (χ0n) is 8.50. The molecule has 0 heterocycles. The van der Waals surface area contributed by atoms with E-state index in [1.807, 2.05) is 25.1 Å². The van der Waals surface area contributed by atoms with Crippen LogP contribution < -0.4 is 0 Å². The highest BCUT2D eigenvalue weighted by molar-refractivity contribution is 14.1. The zero-order valence-corrected chi connectivity index (χ0v) is 10.7. The Labute approximate surface area is 99.1 Å². The van der Waals surface area contributed by atoms with Crippen LogP contribution >= 0.6 is 22.6 Å². The molecule has 0 fully saturated rings. The SMILES string of the molecule is C/C=C\C(=NCC)c1ccccc1I. The Kier molecular flexibility index (Phi) is 4.87. The molecule has 0 aliphatic rings. The van der Waals surface area contributed by atoms with Crippen LogP contribution in [0.25, 0.3) is 0 Å². The molecule has 74 valence electrons. The van der Waals surface area contributed by atoms with Crippen molar-refractivity contribution < 1.29 is 0 Å². The van der Waals surface area contributed by atoms with Gasteiger partial charge in [-0.15, -0.1) is 0 Å². The Hall–Kier alpha value is -0.640. The van der Waals surface area contributed by atoms with Gasteiger partial charge in [-0.2, -0.15) is 0 Å². The summed E-state index contributed by atoms with van der Waals surface area (Å²) in [7, 11) is 0. The van der Waals surface area contributed by atoms with E-state index in [0.717, 1.165) is 12.3 Å². The van der Waals surface area contributed by atoms with Crippen LogP contribution in [0.5, 0.6) is 0 Å². The lowest BCUT2D eigenvalue weighted by atomic mass is 10.1. The van der Waals surface area contributed by atoms with Crippen molar-refractivity contribution in [1.82, 2.24) is 0 Å². The molecule has 1 aromatic carbocycles. The molecule has 0 saturated heterocycles. The van der Waals surface area contributed by atoms with E-state index in [9.17, 15) is 0 Å². The lowest BCUT2D eigenvalue weighted by Crippen LogP contribution is -2.00. The van der Waals surface area contributed by atoms with Crippen molar-refractivity contribution in [3.05, 3.63) is 45.6 Å². The van der Waals surface area contributed by atoms with Crippen LogP contribution in [0.4, 0.5) is 0 Å². The molecule has 0 atom stereocenters. The molecule has 0 radical (unpaired) electrons. The van der Waals surface area contributed by atoms with Crippen LogP contribution in [0.3, 0.4) is 0 Å². The first kappa shape index (κ1) is 11.4. The van der Waals surface area contributed by atoms with E-state index in [4.69, 9.17) is 0 Å². The zero-order chi connectivity index (χ0) is 10.4. The van der Waals surface area contributed by atoms with E-state index in [1.165, 1.54) is 9.13 Å². The van der Waals surface area contributed by atoms with Crippen LogP contribution in [0.1, 0.15) is 19.4 Å². The summed E-state index contributed by atoms with van der Waals surface area (Å²) in [5.41, 5.74) is 2.29. The second-order valence-corrected chi connectivity index (χ2v) is 4.00. The van der Waals surface area contributed by atoms with Gasteiger partial charge >= 0.3 is 0 Å². The van der Waals surface area contributed by atoms with Gasteiger partial charge in [0.1, 0.15) is 0 Å². The maximum atomic E-state index is 4.47. The van der Waals surface area contributed by atoms with Crippen molar-refractivity contribution in [3.8, 4) is 0 Å². The minimum Gasteiger partial charge on any atom is -0.285 e. The first-order valence-electron chi connectivity index (χ1n) is 4.71. The molecule has 0 spiro atoms. The van der Waals surface area contributed by atoms with E-state index in [-0.39, 0.29) is 0 Å². The molecule has 0 aliphatic carbocycles. The normalized spacial score (nSPS) is 12.4. The molecule has 1 rings (SSSR count). The van der Waals surface area contributed by atoms with Gasteiger partial charge in [0.2, 0.25) is 0 Å². The highest BCUT2D eigenvalue weighted by Gasteiger charge is 2.02. The molecule has 0 saturated carbocycles. The van der Waals surface area contributed by atoms with E-state index in [2.05, 4.69) is 52.7 Å². The number of nitrogens with zero attached hydrogens (tertiary/aromatic N) is 1. The lowest BCUT2D eigenvalue weighted by Gasteiger charge is -2.03. The number of hydrogen-bond donors (Lipinski definition) is 0. The number of rotatable bonds is 3. The van der Waals surface area contributed by atoms with Crippen molar-refractivity contribution >= 4 is 28.3 Å². The van der Waals surface area contributed by atoms with Crippen molar-refractivity contribution in [3.63, 3.8) is 0 Å². The van der Waals surface area contributed by atoms with Gasteiger partial charge < -0.3 is 0 Å². The van der Waals surface area contributed by atoms with Crippen LogP contribution in [0.15, 0.2) is 41.4 Å². The summed E-state index contributed by atoms with van der Waals surface area (Å²) in [4.78, 5) is 4.47. The fourth-order valence-electron chi connectivity index (χ4n) is 1.22. The minimum absolute atomic E-state index is 0.824. The summed E-state index contributed by atoms with van der Waals surface area (Å²) >= 11 is 2.34. The average Bonchev–Trinajstić information content (AvgIpc) is 2.18. The first-order valence-corrected chi connectivity index (χ1v) is 5.79. The van der Waals surface area contributed by atoms with Crippen molar-refractivity contribution in [2.24, 2.45) is 4.99 Å². The average molecular weight is 299 g/mol. The Morgan fingerprint density at radius 1 is 1.43 bits per heavy atom. The molecule has 0 aliphatic heterocycles. The number of allylic oxidation sites excluding steroid dienone is 2.